The van der Waals surface area contributed by atoms with Crippen LogP contribution in [-0.4, -0.2) is 29.5 Å². The van der Waals surface area contributed by atoms with Crippen molar-refractivity contribution in [1.29, 1.82) is 0 Å². The number of rotatable bonds is 5. The van der Waals surface area contributed by atoms with Gasteiger partial charge in [0.05, 0.1) is 0 Å². The van der Waals surface area contributed by atoms with Crippen LogP contribution < -0.4 is 15.5 Å². The van der Waals surface area contributed by atoms with Gasteiger partial charge in [-0.1, -0.05) is 48.0 Å². The summed E-state index contributed by atoms with van der Waals surface area (Å²) < 4.78 is 5.49. The Morgan fingerprint density at radius 3 is 2.52 bits per heavy atom. The van der Waals surface area contributed by atoms with Gasteiger partial charge in [-0.2, -0.15) is 5.01 Å². The molecule has 0 bridgehead atoms. The van der Waals surface area contributed by atoms with Crippen molar-refractivity contribution in [1.82, 2.24) is 15.8 Å². The van der Waals surface area contributed by atoms with E-state index in [-0.39, 0.29) is 6.61 Å². The summed E-state index contributed by atoms with van der Waals surface area (Å²) >= 11 is 0. The van der Waals surface area contributed by atoms with Gasteiger partial charge < -0.3 is 10.1 Å². The van der Waals surface area contributed by atoms with Crippen LogP contribution in [0.2, 0.25) is 0 Å². The molecule has 1 saturated heterocycles. The SMILES string of the molecule is Cc1ccc(OCC(=O)NN2C(=O)NC(C)(c3ccccc3)C2=O)c(C)c1. The molecule has 2 N–H and O–H groups in total. The van der Waals surface area contributed by atoms with Crippen LogP contribution in [0.25, 0.3) is 0 Å². The molecule has 0 saturated carbocycles. The van der Waals surface area contributed by atoms with Gasteiger partial charge in [0.25, 0.3) is 11.8 Å². The van der Waals surface area contributed by atoms with Crippen molar-refractivity contribution < 1.29 is 19.1 Å². The molecule has 7 nitrogen and oxygen atoms in total. The number of amides is 4. The average molecular weight is 367 g/mol. The Balaban J connectivity index is 1.66. The summed E-state index contributed by atoms with van der Waals surface area (Å²) in [5.41, 5.74) is 3.69. The molecule has 2 aromatic carbocycles. The Kier molecular flexibility index (Phi) is 4.85. The number of nitrogens with one attached hydrogen (secondary N) is 2. The largest absolute Gasteiger partial charge is 0.483 e. The van der Waals surface area contributed by atoms with Gasteiger partial charge in [-0.3, -0.25) is 15.0 Å². The Morgan fingerprint density at radius 1 is 1.15 bits per heavy atom. The number of hydrogen-bond donors (Lipinski definition) is 2. The second kappa shape index (κ2) is 7.11. The molecule has 1 unspecified atom stereocenters. The normalized spacial score (nSPS) is 19.0. The fraction of sp³-hybridized carbons (Fsp3) is 0.250. The molecule has 140 valence electrons. The molecule has 0 aliphatic carbocycles. The average Bonchev–Trinajstić information content (AvgIpc) is 2.86. The van der Waals surface area contributed by atoms with E-state index in [4.69, 9.17) is 4.74 Å². The fourth-order valence-electron chi connectivity index (χ4n) is 2.97. The molecule has 7 heteroatoms. The maximum atomic E-state index is 12.7. The molecule has 0 spiro atoms. The number of imide groups is 1. The first-order valence-electron chi connectivity index (χ1n) is 8.53. The van der Waals surface area contributed by atoms with E-state index in [2.05, 4.69) is 10.7 Å². The zero-order valence-electron chi connectivity index (χ0n) is 15.4. The van der Waals surface area contributed by atoms with Crippen molar-refractivity contribution in [2.45, 2.75) is 26.3 Å². The molecule has 1 atom stereocenters. The van der Waals surface area contributed by atoms with Gasteiger partial charge in [-0.05, 0) is 38.0 Å². The maximum absolute atomic E-state index is 12.7. The number of aryl methyl sites for hydroxylation is 2. The van der Waals surface area contributed by atoms with Crippen LogP contribution in [0.15, 0.2) is 48.5 Å². The van der Waals surface area contributed by atoms with E-state index >= 15 is 0 Å². The van der Waals surface area contributed by atoms with Crippen molar-refractivity contribution in [3.63, 3.8) is 0 Å². The van der Waals surface area contributed by atoms with Crippen LogP contribution in [0.5, 0.6) is 5.75 Å². The van der Waals surface area contributed by atoms with Crippen LogP contribution in [0.1, 0.15) is 23.6 Å². The van der Waals surface area contributed by atoms with Crippen LogP contribution in [0.3, 0.4) is 0 Å². The standard InChI is InChI=1S/C20H21N3O4/c1-13-9-10-16(14(2)11-13)27-12-17(24)22-23-18(25)20(3,21-19(23)26)15-7-5-4-6-8-15/h4-11H,12H2,1-3H3,(H,21,26)(H,22,24). The van der Waals surface area contributed by atoms with E-state index < -0.39 is 23.4 Å². The molecule has 1 aliphatic heterocycles. The summed E-state index contributed by atoms with van der Waals surface area (Å²) in [7, 11) is 0. The first-order valence-corrected chi connectivity index (χ1v) is 8.53. The lowest BCUT2D eigenvalue weighted by Gasteiger charge is -2.22. The molecule has 3 rings (SSSR count). The summed E-state index contributed by atoms with van der Waals surface area (Å²) in [6.45, 7) is 5.12. The molecule has 1 aliphatic rings. The second-order valence-electron chi connectivity index (χ2n) is 6.65. The molecule has 1 heterocycles. The van der Waals surface area contributed by atoms with E-state index in [1.165, 1.54) is 0 Å². The lowest BCUT2D eigenvalue weighted by atomic mass is 9.92. The quantitative estimate of drug-likeness (QED) is 0.793. The van der Waals surface area contributed by atoms with E-state index in [1.807, 2.05) is 32.0 Å². The minimum atomic E-state index is -1.24. The minimum Gasteiger partial charge on any atom is -0.483 e. The third-order valence-electron chi connectivity index (χ3n) is 4.47. The number of carbonyl (C=O) groups is 3. The predicted molar refractivity (Wildman–Crippen MR) is 98.7 cm³/mol. The molecular weight excluding hydrogens is 346 g/mol. The number of hydrogen-bond acceptors (Lipinski definition) is 4. The van der Waals surface area contributed by atoms with E-state index in [0.717, 1.165) is 11.1 Å². The van der Waals surface area contributed by atoms with Crippen LogP contribution in [-0.2, 0) is 15.1 Å². The van der Waals surface area contributed by atoms with Gasteiger partial charge in [0.15, 0.2) is 6.61 Å². The Labute approximate surface area is 157 Å². The van der Waals surface area contributed by atoms with Gasteiger partial charge in [-0.15, -0.1) is 0 Å². The topological polar surface area (TPSA) is 87.7 Å². The van der Waals surface area contributed by atoms with E-state index in [1.54, 1.807) is 37.3 Å². The monoisotopic (exact) mass is 367 g/mol. The lowest BCUT2D eigenvalue weighted by Crippen LogP contribution is -2.49. The third-order valence-corrected chi connectivity index (χ3v) is 4.47. The van der Waals surface area contributed by atoms with Gasteiger partial charge in [0, 0.05) is 0 Å². The first kappa shape index (κ1) is 18.4. The van der Waals surface area contributed by atoms with Crippen LogP contribution >= 0.6 is 0 Å². The Hall–Kier alpha value is -3.35. The van der Waals surface area contributed by atoms with Gasteiger partial charge >= 0.3 is 6.03 Å². The molecule has 27 heavy (non-hydrogen) atoms. The maximum Gasteiger partial charge on any atom is 0.344 e. The summed E-state index contributed by atoms with van der Waals surface area (Å²) in [5, 5.41) is 3.32. The third kappa shape index (κ3) is 3.62. The Bertz CT molecular complexity index is 897. The van der Waals surface area contributed by atoms with Crippen LogP contribution in [0.4, 0.5) is 4.79 Å². The van der Waals surface area contributed by atoms with Gasteiger partial charge in [0.1, 0.15) is 11.3 Å². The number of ether oxygens (including phenoxy) is 1. The molecule has 0 aromatic heterocycles. The number of hydrazine groups is 1. The highest BCUT2D eigenvalue weighted by atomic mass is 16.5. The minimum absolute atomic E-state index is 0.316. The lowest BCUT2D eigenvalue weighted by molar-refractivity contribution is -0.139. The molecule has 4 amide bonds. The number of nitrogens with zero attached hydrogens (tertiary/aromatic N) is 1. The highest BCUT2D eigenvalue weighted by Crippen LogP contribution is 2.27. The van der Waals surface area contributed by atoms with Crippen molar-refractivity contribution >= 4 is 17.8 Å². The first-order chi connectivity index (χ1) is 12.8. The van der Waals surface area contributed by atoms with E-state index in [0.29, 0.717) is 16.3 Å². The summed E-state index contributed by atoms with van der Waals surface area (Å²) in [6.07, 6.45) is 0. The summed E-state index contributed by atoms with van der Waals surface area (Å²) in [5.74, 6) is -0.587. The number of urea groups is 1. The fourth-order valence-corrected chi connectivity index (χ4v) is 2.97. The van der Waals surface area contributed by atoms with Crippen molar-refractivity contribution in [2.75, 3.05) is 6.61 Å². The van der Waals surface area contributed by atoms with Crippen molar-refractivity contribution in [3.8, 4) is 5.75 Å². The predicted octanol–water partition coefficient (Wildman–Crippen LogP) is 2.18. The Morgan fingerprint density at radius 2 is 1.85 bits per heavy atom. The zero-order valence-corrected chi connectivity index (χ0v) is 15.4. The molecule has 0 radical (unpaired) electrons. The second-order valence-corrected chi connectivity index (χ2v) is 6.65. The van der Waals surface area contributed by atoms with Gasteiger partial charge in [-0.25, -0.2) is 4.79 Å². The summed E-state index contributed by atoms with van der Waals surface area (Å²) in [6, 6.07) is 13.8. The van der Waals surface area contributed by atoms with Crippen LogP contribution in [0, 0.1) is 13.8 Å². The van der Waals surface area contributed by atoms with Crippen molar-refractivity contribution in [3.05, 3.63) is 65.2 Å². The number of carbonyl (C=O) groups excluding carboxylic acids is 3. The summed E-state index contributed by atoms with van der Waals surface area (Å²) in [4.78, 5) is 37.1. The van der Waals surface area contributed by atoms with E-state index in [9.17, 15) is 14.4 Å². The molecular formula is C20H21N3O4. The van der Waals surface area contributed by atoms with Gasteiger partial charge in [0.2, 0.25) is 0 Å². The highest BCUT2D eigenvalue weighted by Gasteiger charge is 2.49. The smallest absolute Gasteiger partial charge is 0.344 e. The highest BCUT2D eigenvalue weighted by molar-refractivity contribution is 6.08. The molecule has 2 aromatic rings. The molecule has 1 fully saturated rings. The van der Waals surface area contributed by atoms with Crippen molar-refractivity contribution in [2.24, 2.45) is 0 Å². The number of benzene rings is 2. The zero-order chi connectivity index (χ0) is 19.6.